The molecule has 0 spiro atoms. The lowest BCUT2D eigenvalue weighted by Crippen LogP contribution is -2.53. The fourth-order valence-electron chi connectivity index (χ4n) is 4.99. The van der Waals surface area contributed by atoms with Crippen LogP contribution < -0.4 is 9.62 Å². The molecule has 0 saturated heterocycles. The van der Waals surface area contributed by atoms with Crippen molar-refractivity contribution in [3.05, 3.63) is 93.7 Å². The molecule has 42 heavy (non-hydrogen) atoms. The molecular formula is C31H34Cl2FN3O4S. The van der Waals surface area contributed by atoms with Gasteiger partial charge in [0.05, 0.1) is 15.6 Å². The molecule has 1 unspecified atom stereocenters. The van der Waals surface area contributed by atoms with Crippen molar-refractivity contribution in [3.8, 4) is 0 Å². The smallest absolute Gasteiger partial charge is 0.264 e. The van der Waals surface area contributed by atoms with Crippen LogP contribution in [-0.2, 0) is 26.2 Å². The summed E-state index contributed by atoms with van der Waals surface area (Å²) in [4.78, 5) is 28.6. The second-order valence-corrected chi connectivity index (χ2v) is 13.3. The summed E-state index contributed by atoms with van der Waals surface area (Å²) >= 11 is 12.7. The highest BCUT2D eigenvalue weighted by atomic mass is 35.5. The van der Waals surface area contributed by atoms with Crippen LogP contribution in [0.25, 0.3) is 0 Å². The van der Waals surface area contributed by atoms with Gasteiger partial charge in [0.25, 0.3) is 10.0 Å². The highest BCUT2D eigenvalue weighted by Crippen LogP contribution is 2.33. The van der Waals surface area contributed by atoms with Gasteiger partial charge in [0.15, 0.2) is 0 Å². The molecule has 7 nitrogen and oxygen atoms in total. The summed E-state index contributed by atoms with van der Waals surface area (Å²) in [5.41, 5.74) is 1.05. The van der Waals surface area contributed by atoms with E-state index >= 15 is 0 Å². The van der Waals surface area contributed by atoms with Gasteiger partial charge in [-0.15, -0.1) is 0 Å². The third-order valence-electron chi connectivity index (χ3n) is 7.48. The van der Waals surface area contributed by atoms with E-state index in [1.165, 1.54) is 53.4 Å². The summed E-state index contributed by atoms with van der Waals surface area (Å²) in [7, 11) is -4.32. The molecule has 4 rings (SSSR count). The third kappa shape index (κ3) is 7.62. The molecule has 1 fully saturated rings. The molecular weight excluding hydrogens is 600 g/mol. The van der Waals surface area contributed by atoms with Crippen LogP contribution in [0.5, 0.6) is 0 Å². The molecule has 0 aliphatic heterocycles. The van der Waals surface area contributed by atoms with Crippen molar-refractivity contribution in [2.24, 2.45) is 0 Å². The van der Waals surface area contributed by atoms with Crippen molar-refractivity contribution in [2.45, 2.75) is 69.5 Å². The van der Waals surface area contributed by atoms with Gasteiger partial charge >= 0.3 is 0 Å². The van der Waals surface area contributed by atoms with Crippen molar-refractivity contribution in [1.29, 1.82) is 0 Å². The molecule has 0 heterocycles. The zero-order valence-electron chi connectivity index (χ0n) is 23.5. The van der Waals surface area contributed by atoms with E-state index in [4.69, 9.17) is 23.2 Å². The lowest BCUT2D eigenvalue weighted by atomic mass is 9.95. The number of nitrogens with zero attached hydrogens (tertiary/aromatic N) is 2. The molecule has 0 aromatic heterocycles. The van der Waals surface area contributed by atoms with Crippen LogP contribution in [0.2, 0.25) is 10.0 Å². The van der Waals surface area contributed by atoms with Gasteiger partial charge in [0, 0.05) is 23.2 Å². The van der Waals surface area contributed by atoms with Gasteiger partial charge in [-0.3, -0.25) is 13.9 Å². The summed E-state index contributed by atoms with van der Waals surface area (Å²) in [6, 6.07) is 15.4. The lowest BCUT2D eigenvalue weighted by molar-refractivity contribution is -0.139. The van der Waals surface area contributed by atoms with Gasteiger partial charge < -0.3 is 10.2 Å². The number of nitrogens with one attached hydrogen (secondary N) is 1. The number of carbonyl (C=O) groups excluding carboxylic acids is 2. The Hall–Kier alpha value is -3.14. The van der Waals surface area contributed by atoms with Gasteiger partial charge in [0.1, 0.15) is 18.4 Å². The van der Waals surface area contributed by atoms with Crippen LogP contribution in [0.3, 0.4) is 0 Å². The zero-order valence-corrected chi connectivity index (χ0v) is 25.9. The second-order valence-electron chi connectivity index (χ2n) is 10.6. The van der Waals surface area contributed by atoms with Crippen molar-refractivity contribution in [3.63, 3.8) is 0 Å². The number of sulfonamides is 1. The summed E-state index contributed by atoms with van der Waals surface area (Å²) in [6.45, 7) is 2.44. The highest BCUT2D eigenvalue weighted by Gasteiger charge is 2.34. The second kappa shape index (κ2) is 13.9. The molecule has 3 aromatic carbocycles. The Bertz CT molecular complexity index is 1530. The summed E-state index contributed by atoms with van der Waals surface area (Å²) in [5, 5.41) is 3.30. The largest absolute Gasteiger partial charge is 0.352 e. The monoisotopic (exact) mass is 633 g/mol. The number of hydrogen-bond acceptors (Lipinski definition) is 4. The fourth-order valence-corrected chi connectivity index (χ4v) is 6.85. The topological polar surface area (TPSA) is 86.8 Å². The number of amides is 2. The molecule has 0 bridgehead atoms. The molecule has 0 radical (unpaired) electrons. The third-order valence-corrected chi connectivity index (χ3v) is 9.81. The molecule has 2 amide bonds. The number of rotatable bonds is 10. The Kier molecular flexibility index (Phi) is 10.5. The lowest BCUT2D eigenvalue weighted by Gasteiger charge is -2.33. The minimum atomic E-state index is -4.32. The van der Waals surface area contributed by atoms with Gasteiger partial charge in [-0.1, -0.05) is 78.4 Å². The highest BCUT2D eigenvalue weighted by molar-refractivity contribution is 7.92. The standard InChI is InChI=1S/C31H34Cl2FN3O4S/c1-21-12-15-26(16-13-21)42(40,41)37(29-18-24(32)14-17-27(29)33)20-30(38)36(19-23-8-6-7-11-28(23)34)22(2)31(39)35-25-9-4-3-5-10-25/h6-8,11-18,22,25H,3-5,9-10,19-20H2,1-2H3,(H,35,39). The van der Waals surface area contributed by atoms with E-state index in [2.05, 4.69) is 5.32 Å². The molecule has 1 saturated carbocycles. The Morgan fingerprint density at radius 1 is 1.00 bits per heavy atom. The summed E-state index contributed by atoms with van der Waals surface area (Å²) < 4.78 is 43.5. The maximum Gasteiger partial charge on any atom is 0.264 e. The average molecular weight is 635 g/mol. The zero-order chi connectivity index (χ0) is 30.4. The van der Waals surface area contributed by atoms with Crippen LogP contribution in [-0.4, -0.2) is 43.8 Å². The van der Waals surface area contributed by atoms with Crippen LogP contribution in [0.1, 0.15) is 50.2 Å². The van der Waals surface area contributed by atoms with E-state index < -0.39 is 34.3 Å². The van der Waals surface area contributed by atoms with Gasteiger partial charge in [0.2, 0.25) is 11.8 Å². The van der Waals surface area contributed by atoms with Crippen molar-refractivity contribution < 1.29 is 22.4 Å². The minimum Gasteiger partial charge on any atom is -0.352 e. The first-order valence-electron chi connectivity index (χ1n) is 13.8. The average Bonchev–Trinajstić information content (AvgIpc) is 2.97. The molecule has 1 aliphatic carbocycles. The predicted octanol–water partition coefficient (Wildman–Crippen LogP) is 6.50. The quantitative estimate of drug-likeness (QED) is 0.276. The maximum atomic E-state index is 14.7. The number of halogens is 3. The van der Waals surface area contributed by atoms with Gasteiger partial charge in [-0.05, 0) is 63.1 Å². The summed E-state index contributed by atoms with van der Waals surface area (Å²) in [5.74, 6) is -1.64. The first kappa shape index (κ1) is 31.8. The Balaban J connectivity index is 1.72. The van der Waals surface area contributed by atoms with Crippen molar-refractivity contribution >= 4 is 50.7 Å². The fraction of sp³-hybridized carbons (Fsp3) is 0.355. The van der Waals surface area contributed by atoms with Crippen LogP contribution in [0.4, 0.5) is 10.1 Å². The Labute approximate surface area is 256 Å². The molecule has 1 aliphatic rings. The molecule has 3 aromatic rings. The molecule has 1 atom stereocenters. The number of hydrogen-bond donors (Lipinski definition) is 1. The maximum absolute atomic E-state index is 14.7. The first-order valence-corrected chi connectivity index (χ1v) is 16.0. The number of aryl methyl sites for hydroxylation is 1. The van der Waals surface area contributed by atoms with E-state index in [-0.39, 0.29) is 44.7 Å². The van der Waals surface area contributed by atoms with Gasteiger partial charge in [-0.2, -0.15) is 0 Å². The van der Waals surface area contributed by atoms with Crippen molar-refractivity contribution in [2.75, 3.05) is 10.8 Å². The van der Waals surface area contributed by atoms with E-state index in [0.29, 0.717) is 0 Å². The van der Waals surface area contributed by atoms with E-state index in [9.17, 15) is 22.4 Å². The Morgan fingerprint density at radius 3 is 2.33 bits per heavy atom. The first-order chi connectivity index (χ1) is 20.0. The van der Waals surface area contributed by atoms with Crippen LogP contribution in [0.15, 0.2) is 71.6 Å². The summed E-state index contributed by atoms with van der Waals surface area (Å²) in [6.07, 6.45) is 4.80. The normalized spacial score (nSPS) is 14.7. The number of carbonyl (C=O) groups is 2. The number of anilines is 1. The van der Waals surface area contributed by atoms with Crippen molar-refractivity contribution in [1.82, 2.24) is 10.2 Å². The predicted molar refractivity (Wildman–Crippen MR) is 164 cm³/mol. The van der Waals surface area contributed by atoms with E-state index in [1.54, 1.807) is 25.1 Å². The van der Waals surface area contributed by atoms with E-state index in [1.807, 2.05) is 6.92 Å². The molecule has 224 valence electrons. The molecule has 1 N–H and O–H groups in total. The minimum absolute atomic E-state index is 0.00300. The number of benzene rings is 3. The van der Waals surface area contributed by atoms with Crippen LogP contribution >= 0.6 is 23.2 Å². The molecule has 11 heteroatoms. The van der Waals surface area contributed by atoms with E-state index in [0.717, 1.165) is 42.0 Å². The van der Waals surface area contributed by atoms with Crippen LogP contribution in [0, 0.1) is 12.7 Å². The SMILES string of the molecule is Cc1ccc(S(=O)(=O)N(CC(=O)N(Cc2ccccc2F)C(C)C(=O)NC2CCCCC2)c2cc(Cl)ccc2Cl)cc1. The van der Waals surface area contributed by atoms with Gasteiger partial charge in [-0.25, -0.2) is 12.8 Å². The Morgan fingerprint density at radius 2 is 1.67 bits per heavy atom.